The Morgan fingerprint density at radius 3 is 2.11 bits per heavy atom. The van der Waals surface area contributed by atoms with Gasteiger partial charge in [0, 0.05) is 12.1 Å². The predicted molar refractivity (Wildman–Crippen MR) is 74.2 cm³/mol. The van der Waals surface area contributed by atoms with Crippen LogP contribution in [0.15, 0.2) is 24.3 Å². The second-order valence-corrected chi connectivity index (χ2v) is 5.64. The lowest BCUT2D eigenvalue weighted by atomic mass is 9.92. The summed E-state index contributed by atoms with van der Waals surface area (Å²) in [7, 11) is 1.33. The zero-order valence-corrected chi connectivity index (χ0v) is 11.9. The van der Waals surface area contributed by atoms with Gasteiger partial charge in [-0.05, 0) is 36.1 Å². The fraction of sp³-hybridized carbons (Fsp3) is 0.467. The summed E-state index contributed by atoms with van der Waals surface area (Å²) in [5.41, 5.74) is 1.18. The molecule has 0 aliphatic heterocycles. The van der Waals surface area contributed by atoms with Gasteiger partial charge >= 0.3 is 5.97 Å². The number of carbonyl (C=O) groups excluding carboxylic acids is 2. The van der Waals surface area contributed by atoms with Crippen LogP contribution < -0.4 is 5.32 Å². The second-order valence-electron chi connectivity index (χ2n) is 5.64. The number of rotatable bonds is 4. The molecule has 0 spiro atoms. The van der Waals surface area contributed by atoms with Crippen LogP contribution in [-0.2, 0) is 4.74 Å². The molecule has 0 atom stereocenters. The van der Waals surface area contributed by atoms with Crippen molar-refractivity contribution in [1.82, 2.24) is 5.32 Å². The molecule has 0 heterocycles. The Morgan fingerprint density at radius 2 is 1.63 bits per heavy atom. The van der Waals surface area contributed by atoms with Crippen molar-refractivity contribution in [2.24, 2.45) is 5.41 Å². The zero-order chi connectivity index (χ0) is 14.5. The average Bonchev–Trinajstić information content (AvgIpc) is 2.36. The summed E-state index contributed by atoms with van der Waals surface area (Å²) in [5.74, 6) is -0.527. The Kier molecular flexibility index (Phi) is 5.10. The molecule has 0 radical (unpaired) electrons. The molecule has 0 fully saturated rings. The second kappa shape index (κ2) is 6.36. The zero-order valence-electron chi connectivity index (χ0n) is 11.9. The van der Waals surface area contributed by atoms with Gasteiger partial charge in [0.05, 0.1) is 12.7 Å². The third-order valence-corrected chi connectivity index (χ3v) is 2.73. The summed E-state index contributed by atoms with van der Waals surface area (Å²) in [5, 5.41) is 2.86. The maximum Gasteiger partial charge on any atom is 0.337 e. The smallest absolute Gasteiger partial charge is 0.337 e. The molecule has 1 rings (SSSR count). The molecule has 0 unspecified atom stereocenters. The van der Waals surface area contributed by atoms with E-state index >= 15 is 0 Å². The quantitative estimate of drug-likeness (QED) is 0.850. The molecule has 1 N–H and O–H groups in total. The largest absolute Gasteiger partial charge is 0.465 e. The van der Waals surface area contributed by atoms with Crippen LogP contribution in [0.1, 0.15) is 47.9 Å². The van der Waals surface area contributed by atoms with E-state index in [1.807, 2.05) is 0 Å². The Hall–Kier alpha value is -1.84. The van der Waals surface area contributed by atoms with Crippen LogP contribution in [0.25, 0.3) is 0 Å². The Balaban J connectivity index is 2.56. The lowest BCUT2D eigenvalue weighted by molar-refractivity contribution is 0.0600. The van der Waals surface area contributed by atoms with Gasteiger partial charge in [0.15, 0.2) is 0 Å². The van der Waals surface area contributed by atoms with Crippen molar-refractivity contribution >= 4 is 11.9 Å². The van der Waals surface area contributed by atoms with Crippen LogP contribution in [0.5, 0.6) is 0 Å². The van der Waals surface area contributed by atoms with Crippen molar-refractivity contribution in [3.8, 4) is 0 Å². The number of ether oxygens (including phenoxy) is 1. The minimum atomic E-state index is -0.403. The van der Waals surface area contributed by atoms with E-state index in [4.69, 9.17) is 0 Å². The number of hydrogen-bond donors (Lipinski definition) is 1. The molecule has 0 bridgehead atoms. The number of esters is 1. The summed E-state index contributed by atoms with van der Waals surface area (Å²) >= 11 is 0. The van der Waals surface area contributed by atoms with Gasteiger partial charge in [-0.1, -0.05) is 20.8 Å². The third kappa shape index (κ3) is 5.12. The van der Waals surface area contributed by atoms with Crippen molar-refractivity contribution in [3.63, 3.8) is 0 Å². The first-order chi connectivity index (χ1) is 8.83. The van der Waals surface area contributed by atoms with Crippen LogP contribution in [0.2, 0.25) is 0 Å². The van der Waals surface area contributed by atoms with E-state index in [0.29, 0.717) is 17.7 Å². The lowest BCUT2D eigenvalue weighted by Crippen LogP contribution is -2.27. The number of methoxy groups -OCH3 is 1. The van der Waals surface area contributed by atoms with Crippen LogP contribution >= 0.6 is 0 Å². The first-order valence-electron chi connectivity index (χ1n) is 6.30. The van der Waals surface area contributed by atoms with E-state index in [2.05, 4.69) is 30.8 Å². The van der Waals surface area contributed by atoms with E-state index in [1.165, 1.54) is 7.11 Å². The van der Waals surface area contributed by atoms with Gasteiger partial charge in [0.2, 0.25) is 0 Å². The van der Waals surface area contributed by atoms with Crippen LogP contribution in [-0.4, -0.2) is 25.5 Å². The van der Waals surface area contributed by atoms with E-state index in [1.54, 1.807) is 24.3 Å². The number of benzene rings is 1. The third-order valence-electron chi connectivity index (χ3n) is 2.73. The first-order valence-corrected chi connectivity index (χ1v) is 6.30. The van der Waals surface area contributed by atoms with Crippen molar-refractivity contribution in [2.75, 3.05) is 13.7 Å². The van der Waals surface area contributed by atoms with Gasteiger partial charge in [-0.2, -0.15) is 0 Å². The topological polar surface area (TPSA) is 55.4 Å². The number of nitrogens with one attached hydrogen (secondary N) is 1. The number of amides is 1. The SMILES string of the molecule is COC(=O)c1ccc(C(=O)NCCC(C)(C)C)cc1. The van der Waals surface area contributed by atoms with Crippen molar-refractivity contribution in [2.45, 2.75) is 27.2 Å². The molecular weight excluding hydrogens is 242 g/mol. The summed E-state index contributed by atoms with van der Waals surface area (Å²) in [6, 6.07) is 6.42. The highest BCUT2D eigenvalue weighted by atomic mass is 16.5. The molecule has 0 aliphatic rings. The molecule has 1 amide bonds. The Labute approximate surface area is 114 Å². The van der Waals surface area contributed by atoms with Gasteiger partial charge in [0.1, 0.15) is 0 Å². The number of carbonyl (C=O) groups is 2. The first kappa shape index (κ1) is 15.2. The predicted octanol–water partition coefficient (Wildman–Crippen LogP) is 2.64. The fourth-order valence-electron chi connectivity index (χ4n) is 1.53. The van der Waals surface area contributed by atoms with Gasteiger partial charge in [-0.25, -0.2) is 4.79 Å². The fourth-order valence-corrected chi connectivity index (χ4v) is 1.53. The Bertz CT molecular complexity index is 443. The molecule has 0 saturated heterocycles. The minimum Gasteiger partial charge on any atom is -0.465 e. The molecule has 0 saturated carbocycles. The average molecular weight is 263 g/mol. The van der Waals surface area contributed by atoms with Crippen molar-refractivity contribution in [1.29, 1.82) is 0 Å². The van der Waals surface area contributed by atoms with E-state index in [0.717, 1.165) is 6.42 Å². The summed E-state index contributed by atoms with van der Waals surface area (Å²) in [4.78, 5) is 23.1. The van der Waals surface area contributed by atoms with E-state index in [-0.39, 0.29) is 11.3 Å². The van der Waals surface area contributed by atoms with Gasteiger partial charge in [-0.15, -0.1) is 0 Å². The Morgan fingerprint density at radius 1 is 1.11 bits per heavy atom. The van der Waals surface area contributed by atoms with Crippen LogP contribution in [0, 0.1) is 5.41 Å². The summed E-state index contributed by atoms with van der Waals surface area (Å²) in [6.45, 7) is 7.03. The highest BCUT2D eigenvalue weighted by molar-refractivity contribution is 5.96. The highest BCUT2D eigenvalue weighted by Crippen LogP contribution is 2.17. The molecule has 4 heteroatoms. The van der Waals surface area contributed by atoms with Gasteiger partial charge in [0.25, 0.3) is 5.91 Å². The van der Waals surface area contributed by atoms with Crippen LogP contribution in [0.4, 0.5) is 0 Å². The molecule has 104 valence electrons. The van der Waals surface area contributed by atoms with E-state index < -0.39 is 5.97 Å². The summed E-state index contributed by atoms with van der Waals surface area (Å²) in [6.07, 6.45) is 0.916. The standard InChI is InChI=1S/C15H21NO3/c1-15(2,3)9-10-16-13(17)11-5-7-12(8-6-11)14(18)19-4/h5-8H,9-10H2,1-4H3,(H,16,17). The molecule has 1 aromatic rings. The lowest BCUT2D eigenvalue weighted by Gasteiger charge is -2.18. The molecule has 4 nitrogen and oxygen atoms in total. The molecular formula is C15H21NO3. The maximum atomic E-state index is 11.9. The molecule has 0 aromatic heterocycles. The normalized spacial score (nSPS) is 10.9. The molecule has 0 aliphatic carbocycles. The van der Waals surface area contributed by atoms with Crippen molar-refractivity contribution < 1.29 is 14.3 Å². The monoisotopic (exact) mass is 263 g/mol. The molecule has 1 aromatic carbocycles. The number of hydrogen-bond acceptors (Lipinski definition) is 3. The minimum absolute atomic E-state index is 0.124. The highest BCUT2D eigenvalue weighted by Gasteiger charge is 2.12. The van der Waals surface area contributed by atoms with Gasteiger partial charge < -0.3 is 10.1 Å². The maximum absolute atomic E-state index is 11.9. The van der Waals surface area contributed by atoms with Crippen molar-refractivity contribution in [3.05, 3.63) is 35.4 Å². The van der Waals surface area contributed by atoms with Gasteiger partial charge in [-0.3, -0.25) is 4.79 Å². The summed E-state index contributed by atoms with van der Waals surface area (Å²) < 4.78 is 4.60. The van der Waals surface area contributed by atoms with Crippen LogP contribution in [0.3, 0.4) is 0 Å². The van der Waals surface area contributed by atoms with E-state index in [9.17, 15) is 9.59 Å². The molecule has 19 heavy (non-hydrogen) atoms.